The van der Waals surface area contributed by atoms with Crippen LogP contribution in [0.5, 0.6) is 0 Å². The summed E-state index contributed by atoms with van der Waals surface area (Å²) in [6.07, 6.45) is 5.12. The van der Waals surface area contributed by atoms with E-state index in [0.717, 1.165) is 12.1 Å². The third-order valence-corrected chi connectivity index (χ3v) is 4.65. The predicted molar refractivity (Wildman–Crippen MR) is 98.4 cm³/mol. The Labute approximate surface area is 154 Å². The van der Waals surface area contributed by atoms with Gasteiger partial charge in [-0.2, -0.15) is 5.10 Å². The van der Waals surface area contributed by atoms with Gasteiger partial charge in [0, 0.05) is 38.1 Å². The van der Waals surface area contributed by atoms with Crippen molar-refractivity contribution in [1.29, 1.82) is 0 Å². The number of halogens is 1. The highest BCUT2D eigenvalue weighted by atomic mass is 35.5. The second-order valence-electron chi connectivity index (χ2n) is 6.31. The van der Waals surface area contributed by atoms with Gasteiger partial charge < -0.3 is 15.8 Å². The summed E-state index contributed by atoms with van der Waals surface area (Å²) in [7, 11) is 0. The molecule has 1 saturated heterocycles. The van der Waals surface area contributed by atoms with Gasteiger partial charge in [0.15, 0.2) is 0 Å². The van der Waals surface area contributed by atoms with E-state index in [1.54, 1.807) is 6.20 Å². The lowest BCUT2D eigenvalue weighted by atomic mass is 9.79. The monoisotopic (exact) mass is 364 g/mol. The molecule has 0 radical (unpaired) electrons. The summed E-state index contributed by atoms with van der Waals surface area (Å²) >= 11 is 0. The number of nitrogens with two attached hydrogens (primary N) is 1. The first-order valence-corrected chi connectivity index (χ1v) is 8.33. The molecule has 0 atom stereocenters. The van der Waals surface area contributed by atoms with E-state index in [1.807, 2.05) is 29.1 Å². The maximum atomic E-state index is 12.5. The SMILES string of the molecule is Cl.NCC1(C(=O)NCc2cnn(Cc3ccccc3)c2)CCOCC1. The van der Waals surface area contributed by atoms with Gasteiger partial charge >= 0.3 is 0 Å². The molecule has 1 aliphatic rings. The lowest BCUT2D eigenvalue weighted by Crippen LogP contribution is -2.48. The first-order valence-electron chi connectivity index (χ1n) is 8.33. The molecule has 1 fully saturated rings. The summed E-state index contributed by atoms with van der Waals surface area (Å²) in [4.78, 5) is 12.5. The molecule has 2 aromatic rings. The van der Waals surface area contributed by atoms with Crippen molar-refractivity contribution in [2.24, 2.45) is 11.1 Å². The van der Waals surface area contributed by atoms with Crippen molar-refractivity contribution in [2.75, 3.05) is 19.8 Å². The van der Waals surface area contributed by atoms with Crippen molar-refractivity contribution in [3.8, 4) is 0 Å². The number of aromatic nitrogens is 2. The van der Waals surface area contributed by atoms with Gasteiger partial charge in [0.1, 0.15) is 0 Å². The smallest absolute Gasteiger partial charge is 0.227 e. The van der Waals surface area contributed by atoms with Gasteiger partial charge in [-0.05, 0) is 18.4 Å². The zero-order valence-electron chi connectivity index (χ0n) is 14.2. The van der Waals surface area contributed by atoms with E-state index in [9.17, 15) is 4.79 Å². The lowest BCUT2D eigenvalue weighted by molar-refractivity contribution is -0.136. The summed E-state index contributed by atoms with van der Waals surface area (Å²) in [5.74, 6) is 0.0177. The number of benzene rings is 1. The maximum Gasteiger partial charge on any atom is 0.227 e. The molecule has 0 saturated carbocycles. The first-order chi connectivity index (χ1) is 11.7. The van der Waals surface area contributed by atoms with Crippen LogP contribution in [0.15, 0.2) is 42.7 Å². The number of hydrogen-bond donors (Lipinski definition) is 2. The number of ether oxygens (including phenoxy) is 1. The van der Waals surface area contributed by atoms with E-state index >= 15 is 0 Å². The Morgan fingerprint density at radius 3 is 2.64 bits per heavy atom. The third-order valence-electron chi connectivity index (χ3n) is 4.65. The normalized spacial score (nSPS) is 16.0. The van der Waals surface area contributed by atoms with Crippen LogP contribution < -0.4 is 11.1 Å². The number of carbonyl (C=O) groups excluding carboxylic acids is 1. The van der Waals surface area contributed by atoms with Crippen LogP contribution in [0.25, 0.3) is 0 Å². The Morgan fingerprint density at radius 1 is 1.24 bits per heavy atom. The zero-order valence-corrected chi connectivity index (χ0v) is 15.0. The van der Waals surface area contributed by atoms with Gasteiger partial charge in [-0.1, -0.05) is 30.3 Å². The maximum absolute atomic E-state index is 12.5. The average molecular weight is 365 g/mol. The van der Waals surface area contributed by atoms with Crippen LogP contribution in [0, 0.1) is 5.41 Å². The van der Waals surface area contributed by atoms with Gasteiger partial charge in [0.2, 0.25) is 5.91 Å². The minimum atomic E-state index is -0.488. The molecule has 1 aromatic carbocycles. The number of rotatable bonds is 6. The van der Waals surface area contributed by atoms with Crippen molar-refractivity contribution in [3.05, 3.63) is 53.9 Å². The highest BCUT2D eigenvalue weighted by Crippen LogP contribution is 2.29. The molecule has 136 valence electrons. The second-order valence-corrected chi connectivity index (χ2v) is 6.31. The molecule has 25 heavy (non-hydrogen) atoms. The molecular formula is C18H25ClN4O2. The molecule has 6 nitrogen and oxygen atoms in total. The van der Waals surface area contributed by atoms with E-state index in [-0.39, 0.29) is 18.3 Å². The molecule has 0 aliphatic carbocycles. The first kappa shape index (κ1) is 19.4. The van der Waals surface area contributed by atoms with Crippen LogP contribution in [-0.2, 0) is 22.6 Å². The van der Waals surface area contributed by atoms with Crippen molar-refractivity contribution in [2.45, 2.75) is 25.9 Å². The number of carbonyl (C=O) groups is 1. The third kappa shape index (κ3) is 4.81. The standard InChI is InChI=1S/C18H24N4O2.ClH/c19-14-18(6-8-24-9-7-18)17(23)20-10-16-11-21-22(13-16)12-15-4-2-1-3-5-15;/h1-5,11,13H,6-10,12,14,19H2,(H,20,23);1H. The zero-order chi connectivity index (χ0) is 16.8. The molecule has 3 N–H and O–H groups in total. The Morgan fingerprint density at radius 2 is 1.96 bits per heavy atom. The molecule has 3 rings (SSSR count). The Bertz CT molecular complexity index is 669. The highest BCUT2D eigenvalue weighted by Gasteiger charge is 2.38. The summed E-state index contributed by atoms with van der Waals surface area (Å²) in [5.41, 5.74) is 7.56. The fourth-order valence-electron chi connectivity index (χ4n) is 3.01. The number of hydrogen-bond acceptors (Lipinski definition) is 4. The van der Waals surface area contributed by atoms with Gasteiger partial charge in [0.25, 0.3) is 0 Å². The minimum Gasteiger partial charge on any atom is -0.381 e. The average Bonchev–Trinajstić information content (AvgIpc) is 3.08. The Balaban J connectivity index is 0.00000225. The Kier molecular flexibility index (Phi) is 6.99. The van der Waals surface area contributed by atoms with Crippen molar-refractivity contribution < 1.29 is 9.53 Å². The van der Waals surface area contributed by atoms with Crippen LogP contribution >= 0.6 is 12.4 Å². The van der Waals surface area contributed by atoms with Gasteiger partial charge in [0.05, 0.1) is 18.2 Å². The second kappa shape index (κ2) is 8.99. The number of amides is 1. The van der Waals surface area contributed by atoms with Crippen LogP contribution in [-0.4, -0.2) is 35.4 Å². The van der Waals surface area contributed by atoms with E-state index in [1.165, 1.54) is 5.56 Å². The van der Waals surface area contributed by atoms with E-state index in [4.69, 9.17) is 10.5 Å². The number of nitrogens with zero attached hydrogens (tertiary/aromatic N) is 2. The molecule has 1 amide bonds. The van der Waals surface area contributed by atoms with Gasteiger partial charge in [-0.15, -0.1) is 12.4 Å². The van der Waals surface area contributed by atoms with E-state index < -0.39 is 5.41 Å². The van der Waals surface area contributed by atoms with Crippen molar-refractivity contribution in [1.82, 2.24) is 15.1 Å². The largest absolute Gasteiger partial charge is 0.381 e. The lowest BCUT2D eigenvalue weighted by Gasteiger charge is -2.34. The van der Waals surface area contributed by atoms with Gasteiger partial charge in [-0.3, -0.25) is 9.48 Å². The van der Waals surface area contributed by atoms with Gasteiger partial charge in [-0.25, -0.2) is 0 Å². The van der Waals surface area contributed by atoms with Crippen molar-refractivity contribution >= 4 is 18.3 Å². The summed E-state index contributed by atoms with van der Waals surface area (Å²) in [5, 5.41) is 7.37. The quantitative estimate of drug-likeness (QED) is 0.817. The topological polar surface area (TPSA) is 82.2 Å². The van der Waals surface area contributed by atoms with Crippen LogP contribution in [0.4, 0.5) is 0 Å². The molecule has 0 unspecified atom stereocenters. The minimum absolute atomic E-state index is 0. The molecule has 0 spiro atoms. The fraction of sp³-hybridized carbons (Fsp3) is 0.444. The molecule has 0 bridgehead atoms. The highest BCUT2D eigenvalue weighted by molar-refractivity contribution is 5.85. The van der Waals surface area contributed by atoms with Crippen molar-refractivity contribution in [3.63, 3.8) is 0 Å². The van der Waals surface area contributed by atoms with Crippen LogP contribution in [0.1, 0.15) is 24.0 Å². The molecule has 1 aromatic heterocycles. The summed E-state index contributed by atoms with van der Waals surface area (Å²) in [6, 6.07) is 10.2. The molecule has 2 heterocycles. The molecular weight excluding hydrogens is 340 g/mol. The summed E-state index contributed by atoms with van der Waals surface area (Å²) in [6.45, 7) is 2.74. The van der Waals surface area contributed by atoms with Crippen LogP contribution in [0.3, 0.4) is 0 Å². The molecule has 7 heteroatoms. The van der Waals surface area contributed by atoms with E-state index in [2.05, 4.69) is 22.5 Å². The van der Waals surface area contributed by atoms with E-state index in [0.29, 0.717) is 39.1 Å². The molecule has 1 aliphatic heterocycles. The summed E-state index contributed by atoms with van der Waals surface area (Å²) < 4.78 is 7.23. The van der Waals surface area contributed by atoms with Crippen LogP contribution in [0.2, 0.25) is 0 Å². The number of nitrogens with one attached hydrogen (secondary N) is 1. The fourth-order valence-corrected chi connectivity index (χ4v) is 3.01. The Hall–Kier alpha value is -1.89. The predicted octanol–water partition coefficient (Wildman–Crippen LogP) is 1.72.